The van der Waals surface area contributed by atoms with Crippen LogP contribution in [0.15, 0.2) is 0 Å². The van der Waals surface area contributed by atoms with E-state index in [1.165, 1.54) is 64.2 Å². The Balaban J connectivity index is 0.000000294. The molecular formula is C29H52. The van der Waals surface area contributed by atoms with Gasteiger partial charge in [0, 0.05) is 0 Å². The zero-order chi connectivity index (χ0) is 20.1. The van der Waals surface area contributed by atoms with E-state index in [-0.39, 0.29) is 0 Å². The molecule has 5 atom stereocenters. The monoisotopic (exact) mass is 400 g/mol. The Morgan fingerprint density at radius 2 is 0.931 bits per heavy atom. The smallest absolute Gasteiger partial charge is 0.0326 e. The molecule has 0 heteroatoms. The minimum Gasteiger partial charge on any atom is -0.0625 e. The van der Waals surface area contributed by atoms with Crippen LogP contribution in [0.25, 0.3) is 0 Å². The van der Waals surface area contributed by atoms with Gasteiger partial charge in [0.05, 0.1) is 0 Å². The van der Waals surface area contributed by atoms with Gasteiger partial charge in [-0.2, -0.15) is 0 Å². The predicted octanol–water partition coefficient (Wildman–Crippen LogP) is 9.42. The van der Waals surface area contributed by atoms with Gasteiger partial charge in [-0.15, -0.1) is 0 Å². The highest BCUT2D eigenvalue weighted by Crippen LogP contribution is 2.56. The fraction of sp³-hybridized carbons (Fsp3) is 1.00. The molecule has 168 valence electrons. The third-order valence-electron chi connectivity index (χ3n) is 10.4. The van der Waals surface area contributed by atoms with E-state index in [2.05, 4.69) is 13.8 Å². The first-order chi connectivity index (χ1) is 14.2. The first-order valence-corrected chi connectivity index (χ1v) is 14.2. The molecule has 0 N–H and O–H groups in total. The lowest BCUT2D eigenvalue weighted by molar-refractivity contribution is -0.0438. The largest absolute Gasteiger partial charge is 0.0625 e. The molecule has 0 saturated heterocycles. The van der Waals surface area contributed by atoms with Crippen LogP contribution in [-0.2, 0) is 0 Å². The molecule has 5 rings (SSSR count). The van der Waals surface area contributed by atoms with Crippen molar-refractivity contribution in [1.29, 1.82) is 0 Å². The van der Waals surface area contributed by atoms with Gasteiger partial charge in [0.15, 0.2) is 0 Å². The Labute approximate surface area is 183 Å². The van der Waals surface area contributed by atoms with E-state index >= 15 is 0 Å². The van der Waals surface area contributed by atoms with Crippen LogP contribution in [0, 0.1) is 47.3 Å². The fourth-order valence-corrected chi connectivity index (χ4v) is 8.79. The quantitative estimate of drug-likeness (QED) is 0.433. The lowest BCUT2D eigenvalue weighted by Gasteiger charge is -2.53. The molecule has 0 heterocycles. The average molecular weight is 401 g/mol. The second kappa shape index (κ2) is 11.0. The van der Waals surface area contributed by atoms with E-state index in [0.717, 1.165) is 47.3 Å². The Morgan fingerprint density at radius 3 is 1.52 bits per heavy atom. The molecule has 5 aliphatic carbocycles. The highest BCUT2D eigenvalue weighted by Gasteiger charge is 2.48. The molecule has 0 aliphatic heterocycles. The van der Waals surface area contributed by atoms with E-state index in [4.69, 9.17) is 0 Å². The molecule has 0 nitrogen and oxygen atoms in total. The predicted molar refractivity (Wildman–Crippen MR) is 127 cm³/mol. The average Bonchev–Trinajstić information content (AvgIpc) is 3.31. The first-order valence-electron chi connectivity index (χ1n) is 14.2. The molecule has 0 amide bonds. The summed E-state index contributed by atoms with van der Waals surface area (Å²) < 4.78 is 0. The summed E-state index contributed by atoms with van der Waals surface area (Å²) in [4.78, 5) is 0. The van der Waals surface area contributed by atoms with Crippen molar-refractivity contribution in [1.82, 2.24) is 0 Å². The van der Waals surface area contributed by atoms with E-state index in [9.17, 15) is 0 Å². The van der Waals surface area contributed by atoms with Gasteiger partial charge in [-0.05, 0) is 73.0 Å². The van der Waals surface area contributed by atoms with Gasteiger partial charge in [-0.25, -0.2) is 0 Å². The van der Waals surface area contributed by atoms with Gasteiger partial charge < -0.3 is 0 Å². The van der Waals surface area contributed by atoms with Crippen LogP contribution < -0.4 is 0 Å². The van der Waals surface area contributed by atoms with Crippen molar-refractivity contribution in [2.45, 2.75) is 136 Å². The topological polar surface area (TPSA) is 0 Å². The number of rotatable bonds is 2. The van der Waals surface area contributed by atoms with Crippen molar-refractivity contribution in [2.75, 3.05) is 0 Å². The molecule has 5 aliphatic rings. The number of fused-ring (bicyclic) bond motifs is 1. The summed E-state index contributed by atoms with van der Waals surface area (Å²) in [6, 6.07) is 0. The maximum atomic E-state index is 2.70. The van der Waals surface area contributed by atoms with E-state index < -0.39 is 0 Å². The Hall–Kier alpha value is 0. The molecule has 5 unspecified atom stereocenters. The zero-order valence-corrected chi connectivity index (χ0v) is 20.1. The van der Waals surface area contributed by atoms with E-state index in [1.54, 1.807) is 57.8 Å². The third kappa shape index (κ3) is 5.63. The molecule has 0 aromatic rings. The second-order valence-electron chi connectivity index (χ2n) is 12.2. The van der Waals surface area contributed by atoms with Crippen LogP contribution in [0.3, 0.4) is 0 Å². The maximum Gasteiger partial charge on any atom is -0.0326 e. The lowest BCUT2D eigenvalue weighted by atomic mass is 9.52. The van der Waals surface area contributed by atoms with E-state index in [0.29, 0.717) is 0 Å². The summed E-state index contributed by atoms with van der Waals surface area (Å²) in [7, 11) is 0. The van der Waals surface area contributed by atoms with Crippen LogP contribution in [0.4, 0.5) is 0 Å². The highest BCUT2D eigenvalue weighted by atomic mass is 14.5. The highest BCUT2D eigenvalue weighted by molar-refractivity contribution is 4.97. The van der Waals surface area contributed by atoms with Crippen molar-refractivity contribution in [3.8, 4) is 0 Å². The third-order valence-corrected chi connectivity index (χ3v) is 10.4. The van der Waals surface area contributed by atoms with Crippen LogP contribution in [0.2, 0.25) is 0 Å². The van der Waals surface area contributed by atoms with Gasteiger partial charge in [0.2, 0.25) is 0 Å². The molecule has 0 aromatic heterocycles. The SMILES string of the molecule is C1CCCCC1.CC1CCC(C2C(C)C(C3CCCC3)CC3CCCCC32)CC1. The van der Waals surface area contributed by atoms with Crippen molar-refractivity contribution in [3.63, 3.8) is 0 Å². The Kier molecular flexibility index (Phi) is 8.45. The maximum absolute atomic E-state index is 2.70. The summed E-state index contributed by atoms with van der Waals surface area (Å²) >= 11 is 0. The van der Waals surface area contributed by atoms with Gasteiger partial charge in [-0.3, -0.25) is 0 Å². The lowest BCUT2D eigenvalue weighted by Crippen LogP contribution is -2.46. The Bertz CT molecular complexity index is 437. The molecule has 5 saturated carbocycles. The molecular weight excluding hydrogens is 348 g/mol. The van der Waals surface area contributed by atoms with Crippen molar-refractivity contribution in [3.05, 3.63) is 0 Å². The molecule has 0 radical (unpaired) electrons. The van der Waals surface area contributed by atoms with Crippen molar-refractivity contribution >= 4 is 0 Å². The summed E-state index contributed by atoms with van der Waals surface area (Å²) in [6.07, 6.45) is 29.3. The molecule has 5 fully saturated rings. The molecule has 0 bridgehead atoms. The van der Waals surface area contributed by atoms with Crippen molar-refractivity contribution < 1.29 is 0 Å². The summed E-state index contributed by atoms with van der Waals surface area (Å²) in [5.41, 5.74) is 0. The summed E-state index contributed by atoms with van der Waals surface area (Å²) in [6.45, 7) is 5.20. The fourth-order valence-electron chi connectivity index (χ4n) is 8.79. The molecule has 29 heavy (non-hydrogen) atoms. The van der Waals surface area contributed by atoms with Crippen LogP contribution >= 0.6 is 0 Å². The normalized spacial score (nSPS) is 43.9. The molecule has 0 aromatic carbocycles. The zero-order valence-electron chi connectivity index (χ0n) is 20.1. The standard InChI is InChI=1S/C23H40.C6H12/c1-16-11-13-19(14-12-16)23-17(2)22(18-7-3-4-8-18)15-20-9-5-6-10-21(20)23;1-2-4-6-5-3-1/h16-23H,3-15H2,1-2H3;1-6H2. The van der Waals surface area contributed by atoms with Crippen LogP contribution in [-0.4, -0.2) is 0 Å². The summed E-state index contributed by atoms with van der Waals surface area (Å²) in [5, 5.41) is 0. The Morgan fingerprint density at radius 1 is 0.414 bits per heavy atom. The first kappa shape index (κ1) is 22.2. The van der Waals surface area contributed by atoms with Gasteiger partial charge in [0.25, 0.3) is 0 Å². The number of hydrogen-bond donors (Lipinski definition) is 0. The van der Waals surface area contributed by atoms with Crippen LogP contribution in [0.5, 0.6) is 0 Å². The molecule has 0 spiro atoms. The second-order valence-corrected chi connectivity index (χ2v) is 12.2. The summed E-state index contributed by atoms with van der Waals surface area (Å²) in [5.74, 6) is 8.70. The van der Waals surface area contributed by atoms with Crippen LogP contribution in [0.1, 0.15) is 136 Å². The van der Waals surface area contributed by atoms with Gasteiger partial charge in [-0.1, -0.05) is 110 Å². The minimum absolute atomic E-state index is 1.01. The van der Waals surface area contributed by atoms with E-state index in [1.807, 2.05) is 0 Å². The van der Waals surface area contributed by atoms with Crippen molar-refractivity contribution in [2.24, 2.45) is 47.3 Å². The van der Waals surface area contributed by atoms with Gasteiger partial charge in [0.1, 0.15) is 0 Å². The minimum atomic E-state index is 1.01. The van der Waals surface area contributed by atoms with Gasteiger partial charge >= 0.3 is 0 Å². The number of hydrogen-bond acceptors (Lipinski definition) is 0.